The fourth-order valence-electron chi connectivity index (χ4n) is 2.28. The van der Waals surface area contributed by atoms with E-state index in [0.29, 0.717) is 32.3 Å². The van der Waals surface area contributed by atoms with E-state index in [4.69, 9.17) is 15.2 Å². The highest BCUT2D eigenvalue weighted by Gasteiger charge is 2.04. The Balaban J connectivity index is 1.84. The molecule has 1 aromatic carbocycles. The number of hydrogen-bond acceptors (Lipinski definition) is 4. The molecule has 0 bridgehead atoms. The van der Waals surface area contributed by atoms with Gasteiger partial charge in [-0.05, 0) is 43.3 Å². The van der Waals surface area contributed by atoms with Crippen molar-refractivity contribution in [2.75, 3.05) is 26.4 Å². The van der Waals surface area contributed by atoms with Crippen LogP contribution in [0.15, 0.2) is 40.7 Å². The minimum atomic E-state index is 0.456. The molecular formula is C19H27N3O2S. The van der Waals surface area contributed by atoms with Crippen LogP contribution in [0.25, 0.3) is 0 Å². The molecule has 25 heavy (non-hydrogen) atoms. The van der Waals surface area contributed by atoms with Crippen LogP contribution < -0.4 is 15.8 Å². The third kappa shape index (κ3) is 7.15. The number of hydrogen-bond donors (Lipinski definition) is 2. The predicted octanol–water partition coefficient (Wildman–Crippen LogP) is 3.12. The first kappa shape index (κ1) is 19.3. The van der Waals surface area contributed by atoms with Crippen LogP contribution in [-0.4, -0.2) is 32.3 Å². The van der Waals surface area contributed by atoms with Crippen LogP contribution in [0.1, 0.15) is 22.9 Å². The molecule has 0 spiro atoms. The summed E-state index contributed by atoms with van der Waals surface area (Å²) in [6.07, 6.45) is 0.949. The first-order chi connectivity index (χ1) is 12.2. The average molecular weight is 362 g/mol. The lowest BCUT2D eigenvalue weighted by atomic mass is 10.1. The molecular weight excluding hydrogens is 334 g/mol. The van der Waals surface area contributed by atoms with Crippen molar-refractivity contribution in [3.63, 3.8) is 0 Å². The monoisotopic (exact) mass is 361 g/mol. The largest absolute Gasteiger partial charge is 0.491 e. The SMILES string of the molecule is CCOCCOc1cc(C)ccc1CN=C(N)NCCc1cccs1. The zero-order chi connectivity index (χ0) is 17.9. The zero-order valence-electron chi connectivity index (χ0n) is 15.0. The van der Waals surface area contributed by atoms with Crippen molar-refractivity contribution in [1.29, 1.82) is 0 Å². The Hall–Kier alpha value is -2.05. The van der Waals surface area contributed by atoms with Gasteiger partial charge in [-0.15, -0.1) is 11.3 Å². The number of benzene rings is 1. The summed E-state index contributed by atoms with van der Waals surface area (Å²) in [5, 5.41) is 5.24. The lowest BCUT2D eigenvalue weighted by Crippen LogP contribution is -2.33. The van der Waals surface area contributed by atoms with Crippen LogP contribution in [-0.2, 0) is 17.7 Å². The van der Waals surface area contributed by atoms with Gasteiger partial charge in [0.15, 0.2) is 5.96 Å². The molecule has 0 saturated heterocycles. The van der Waals surface area contributed by atoms with Crippen molar-refractivity contribution in [1.82, 2.24) is 5.32 Å². The Morgan fingerprint density at radius 2 is 2.16 bits per heavy atom. The number of ether oxygens (including phenoxy) is 2. The van der Waals surface area contributed by atoms with Gasteiger partial charge in [0.05, 0.1) is 13.2 Å². The maximum atomic E-state index is 5.96. The third-order valence-corrected chi connectivity index (χ3v) is 4.53. The van der Waals surface area contributed by atoms with Gasteiger partial charge in [0, 0.05) is 23.6 Å². The summed E-state index contributed by atoms with van der Waals surface area (Å²) in [5.74, 6) is 1.30. The molecule has 3 N–H and O–H groups in total. The maximum Gasteiger partial charge on any atom is 0.188 e. The molecule has 1 aromatic heterocycles. The van der Waals surface area contributed by atoms with E-state index in [2.05, 4.69) is 33.9 Å². The molecule has 2 rings (SSSR count). The van der Waals surface area contributed by atoms with Gasteiger partial charge in [0.2, 0.25) is 0 Å². The number of nitrogens with one attached hydrogen (secondary N) is 1. The van der Waals surface area contributed by atoms with Crippen LogP contribution in [0.5, 0.6) is 5.75 Å². The molecule has 0 aliphatic carbocycles. The number of aryl methyl sites for hydroxylation is 1. The number of nitrogens with zero attached hydrogens (tertiary/aromatic N) is 1. The fraction of sp³-hybridized carbons (Fsp3) is 0.421. The Kier molecular flexibility index (Phi) is 8.28. The van der Waals surface area contributed by atoms with Crippen molar-refractivity contribution >= 4 is 17.3 Å². The van der Waals surface area contributed by atoms with Gasteiger partial charge >= 0.3 is 0 Å². The van der Waals surface area contributed by atoms with Gasteiger partial charge in [0.1, 0.15) is 12.4 Å². The fourth-order valence-corrected chi connectivity index (χ4v) is 2.99. The van der Waals surface area contributed by atoms with Crippen LogP contribution in [0.4, 0.5) is 0 Å². The molecule has 5 nitrogen and oxygen atoms in total. The predicted molar refractivity (Wildman–Crippen MR) is 105 cm³/mol. The van der Waals surface area contributed by atoms with Crippen LogP contribution >= 0.6 is 11.3 Å². The zero-order valence-corrected chi connectivity index (χ0v) is 15.8. The molecule has 6 heteroatoms. The first-order valence-corrected chi connectivity index (χ1v) is 9.43. The second-order valence-corrected chi connectivity index (χ2v) is 6.65. The topological polar surface area (TPSA) is 68.9 Å². The van der Waals surface area contributed by atoms with Crippen LogP contribution in [0.3, 0.4) is 0 Å². The van der Waals surface area contributed by atoms with E-state index in [0.717, 1.165) is 29.8 Å². The summed E-state index contributed by atoms with van der Waals surface area (Å²) in [7, 11) is 0. The van der Waals surface area contributed by atoms with E-state index in [-0.39, 0.29) is 0 Å². The Bertz CT molecular complexity index is 657. The number of thiophene rings is 1. The van der Waals surface area contributed by atoms with E-state index in [9.17, 15) is 0 Å². The molecule has 0 saturated carbocycles. The number of nitrogens with two attached hydrogens (primary N) is 1. The second-order valence-electron chi connectivity index (χ2n) is 5.61. The third-order valence-electron chi connectivity index (χ3n) is 3.59. The average Bonchev–Trinajstić information content (AvgIpc) is 3.11. The van der Waals surface area contributed by atoms with E-state index >= 15 is 0 Å². The summed E-state index contributed by atoms with van der Waals surface area (Å²) in [6, 6.07) is 10.3. The Labute approximate surface area is 153 Å². The van der Waals surface area contributed by atoms with Crippen molar-refractivity contribution in [2.45, 2.75) is 26.8 Å². The molecule has 136 valence electrons. The molecule has 0 amide bonds. The molecule has 0 atom stereocenters. The molecule has 0 radical (unpaired) electrons. The summed E-state index contributed by atoms with van der Waals surface area (Å²) < 4.78 is 11.1. The molecule has 2 aromatic rings. The van der Waals surface area contributed by atoms with Crippen molar-refractivity contribution in [3.05, 3.63) is 51.7 Å². The summed E-state index contributed by atoms with van der Waals surface area (Å²) in [5.41, 5.74) is 8.13. The van der Waals surface area contributed by atoms with E-state index in [1.165, 1.54) is 4.88 Å². The minimum Gasteiger partial charge on any atom is -0.491 e. The van der Waals surface area contributed by atoms with Gasteiger partial charge < -0.3 is 20.5 Å². The standard InChI is InChI=1S/C19H27N3O2S/c1-3-23-10-11-24-18-13-15(2)6-7-16(18)14-22-19(20)21-9-8-17-5-4-12-25-17/h4-7,12-13H,3,8-11,14H2,1-2H3,(H3,20,21,22). The summed E-state index contributed by atoms with van der Waals surface area (Å²) in [4.78, 5) is 5.76. The molecule has 0 fully saturated rings. The number of aliphatic imine (C=N–C) groups is 1. The first-order valence-electron chi connectivity index (χ1n) is 8.55. The summed E-state index contributed by atoms with van der Waals surface area (Å²) >= 11 is 1.75. The normalized spacial score (nSPS) is 11.5. The second kappa shape index (κ2) is 10.7. The Morgan fingerprint density at radius 3 is 2.92 bits per heavy atom. The van der Waals surface area contributed by atoms with Crippen LogP contribution in [0, 0.1) is 6.92 Å². The van der Waals surface area contributed by atoms with E-state index in [1.807, 2.05) is 26.0 Å². The van der Waals surface area contributed by atoms with Crippen molar-refractivity contribution in [2.24, 2.45) is 10.7 Å². The van der Waals surface area contributed by atoms with Gasteiger partial charge in [-0.3, -0.25) is 0 Å². The van der Waals surface area contributed by atoms with Crippen LogP contribution in [0.2, 0.25) is 0 Å². The van der Waals surface area contributed by atoms with Gasteiger partial charge in [-0.1, -0.05) is 18.2 Å². The quantitative estimate of drug-likeness (QED) is 0.388. The Morgan fingerprint density at radius 1 is 1.28 bits per heavy atom. The van der Waals surface area contributed by atoms with Gasteiger partial charge in [-0.25, -0.2) is 4.99 Å². The lowest BCUT2D eigenvalue weighted by molar-refractivity contribution is 0.110. The maximum absolute atomic E-state index is 5.96. The highest BCUT2D eigenvalue weighted by Crippen LogP contribution is 2.21. The van der Waals surface area contributed by atoms with Gasteiger partial charge in [-0.2, -0.15) is 0 Å². The number of rotatable bonds is 10. The molecule has 0 aliphatic rings. The molecule has 0 aliphatic heterocycles. The molecule has 1 heterocycles. The summed E-state index contributed by atoms with van der Waals surface area (Å²) in [6.45, 7) is 7.09. The minimum absolute atomic E-state index is 0.456. The van der Waals surface area contributed by atoms with Crippen molar-refractivity contribution < 1.29 is 9.47 Å². The smallest absolute Gasteiger partial charge is 0.188 e. The highest BCUT2D eigenvalue weighted by atomic mass is 32.1. The molecule has 0 unspecified atom stereocenters. The van der Waals surface area contributed by atoms with E-state index < -0.39 is 0 Å². The number of guanidine groups is 1. The van der Waals surface area contributed by atoms with Gasteiger partial charge in [0.25, 0.3) is 0 Å². The van der Waals surface area contributed by atoms with Crippen molar-refractivity contribution in [3.8, 4) is 5.75 Å². The lowest BCUT2D eigenvalue weighted by Gasteiger charge is -2.12. The van der Waals surface area contributed by atoms with E-state index in [1.54, 1.807) is 11.3 Å². The highest BCUT2D eigenvalue weighted by molar-refractivity contribution is 7.09.